The highest BCUT2D eigenvalue weighted by atomic mass is 16.7. The molecule has 5 nitrogen and oxygen atoms in total. The Morgan fingerprint density at radius 2 is 1.92 bits per heavy atom. The van der Waals surface area contributed by atoms with Crippen molar-refractivity contribution in [3.63, 3.8) is 0 Å². The zero-order valence-corrected chi connectivity index (χ0v) is 16.9. The summed E-state index contributed by atoms with van der Waals surface area (Å²) in [6.45, 7) is 14.1. The number of carbonyl (C=O) groups is 1. The molecular formula is C20H31BN2O3. The first-order chi connectivity index (χ1) is 12.1. The molecule has 2 aliphatic rings. The van der Waals surface area contributed by atoms with Gasteiger partial charge in [-0.25, -0.2) is 4.79 Å². The monoisotopic (exact) mass is 358 g/mol. The summed E-state index contributed by atoms with van der Waals surface area (Å²) >= 11 is 0. The first-order valence-electron chi connectivity index (χ1n) is 9.65. The van der Waals surface area contributed by atoms with Crippen molar-refractivity contribution in [1.82, 2.24) is 4.90 Å². The third-order valence-corrected chi connectivity index (χ3v) is 6.19. The summed E-state index contributed by atoms with van der Waals surface area (Å²) in [7, 11) is -0.423. The fraction of sp³-hybridized carbons (Fsp3) is 0.650. The van der Waals surface area contributed by atoms with Gasteiger partial charge in [-0.1, -0.05) is 25.0 Å². The van der Waals surface area contributed by atoms with E-state index in [0.717, 1.165) is 42.6 Å². The van der Waals surface area contributed by atoms with Crippen LogP contribution in [0.25, 0.3) is 0 Å². The molecule has 1 N–H and O–H groups in total. The van der Waals surface area contributed by atoms with E-state index in [-0.39, 0.29) is 17.2 Å². The van der Waals surface area contributed by atoms with Crippen LogP contribution in [0.2, 0.25) is 0 Å². The highest BCUT2D eigenvalue weighted by molar-refractivity contribution is 6.62. The number of nitrogens with zero attached hydrogens (tertiary/aromatic N) is 1. The molecule has 0 aromatic heterocycles. The summed E-state index contributed by atoms with van der Waals surface area (Å²) in [5, 5.41) is 3.04. The molecule has 3 rings (SSSR count). The molecule has 1 unspecified atom stereocenters. The highest BCUT2D eigenvalue weighted by Crippen LogP contribution is 2.36. The van der Waals surface area contributed by atoms with Gasteiger partial charge in [-0.05, 0) is 64.6 Å². The maximum atomic E-state index is 12.6. The summed E-state index contributed by atoms with van der Waals surface area (Å²) in [4.78, 5) is 14.5. The quantitative estimate of drug-likeness (QED) is 0.841. The second-order valence-corrected chi connectivity index (χ2v) is 8.60. The maximum absolute atomic E-state index is 12.6. The Kier molecular flexibility index (Phi) is 5.10. The third kappa shape index (κ3) is 3.62. The van der Waals surface area contributed by atoms with Crippen LogP contribution >= 0.6 is 0 Å². The van der Waals surface area contributed by atoms with E-state index in [1.807, 2.05) is 57.7 Å². The van der Waals surface area contributed by atoms with Crippen LogP contribution < -0.4 is 10.8 Å². The number of anilines is 1. The van der Waals surface area contributed by atoms with Crippen molar-refractivity contribution in [2.24, 2.45) is 5.92 Å². The number of aryl methyl sites for hydroxylation is 1. The number of rotatable bonds is 3. The lowest BCUT2D eigenvalue weighted by atomic mass is 9.76. The Morgan fingerprint density at radius 3 is 2.50 bits per heavy atom. The van der Waals surface area contributed by atoms with Crippen molar-refractivity contribution >= 4 is 24.3 Å². The molecule has 2 amide bonds. The third-order valence-electron chi connectivity index (χ3n) is 6.19. The van der Waals surface area contributed by atoms with Crippen LogP contribution in [-0.4, -0.2) is 42.3 Å². The molecule has 2 aliphatic heterocycles. The van der Waals surface area contributed by atoms with E-state index >= 15 is 0 Å². The Morgan fingerprint density at radius 1 is 1.27 bits per heavy atom. The van der Waals surface area contributed by atoms with E-state index in [4.69, 9.17) is 9.31 Å². The van der Waals surface area contributed by atoms with E-state index in [9.17, 15) is 4.79 Å². The lowest BCUT2D eigenvalue weighted by Gasteiger charge is -2.32. The summed E-state index contributed by atoms with van der Waals surface area (Å²) in [6, 6.07) is 5.90. The van der Waals surface area contributed by atoms with E-state index in [1.54, 1.807) is 0 Å². The predicted octanol–water partition coefficient (Wildman–Crippen LogP) is 3.56. The molecule has 1 aromatic carbocycles. The van der Waals surface area contributed by atoms with Crippen LogP contribution in [0.1, 0.15) is 53.0 Å². The predicted molar refractivity (Wildman–Crippen MR) is 106 cm³/mol. The van der Waals surface area contributed by atoms with Crippen molar-refractivity contribution in [2.75, 3.05) is 18.4 Å². The van der Waals surface area contributed by atoms with Crippen LogP contribution in [0.5, 0.6) is 0 Å². The van der Waals surface area contributed by atoms with Crippen molar-refractivity contribution in [2.45, 2.75) is 65.6 Å². The molecule has 0 saturated carbocycles. The van der Waals surface area contributed by atoms with E-state index < -0.39 is 7.12 Å². The van der Waals surface area contributed by atoms with Crippen molar-refractivity contribution in [3.8, 4) is 0 Å². The second-order valence-electron chi connectivity index (χ2n) is 8.60. The van der Waals surface area contributed by atoms with Gasteiger partial charge in [0.15, 0.2) is 0 Å². The Bertz CT molecular complexity index is 674. The molecule has 26 heavy (non-hydrogen) atoms. The first kappa shape index (κ1) is 19.2. The number of carbonyl (C=O) groups excluding carboxylic acids is 1. The van der Waals surface area contributed by atoms with Gasteiger partial charge in [-0.3, -0.25) is 0 Å². The molecule has 1 atom stereocenters. The van der Waals surface area contributed by atoms with E-state index in [0.29, 0.717) is 5.92 Å². The Labute approximate surface area is 157 Å². The number of nitrogens with one attached hydrogen (secondary N) is 1. The van der Waals surface area contributed by atoms with Crippen LogP contribution in [-0.2, 0) is 9.31 Å². The molecule has 1 aromatic rings. The van der Waals surface area contributed by atoms with Crippen molar-refractivity contribution in [3.05, 3.63) is 23.8 Å². The number of likely N-dealkylation sites (tertiary alicyclic amines) is 1. The molecule has 0 radical (unpaired) electrons. The van der Waals surface area contributed by atoms with Gasteiger partial charge < -0.3 is 19.5 Å². The molecule has 0 bridgehead atoms. The number of urea groups is 1. The van der Waals surface area contributed by atoms with Gasteiger partial charge in [0.25, 0.3) is 0 Å². The lowest BCUT2D eigenvalue weighted by Crippen LogP contribution is -2.41. The van der Waals surface area contributed by atoms with E-state index in [1.165, 1.54) is 0 Å². The molecule has 0 spiro atoms. The zero-order valence-electron chi connectivity index (χ0n) is 16.9. The number of amides is 2. The fourth-order valence-corrected chi connectivity index (χ4v) is 3.50. The van der Waals surface area contributed by atoms with Crippen molar-refractivity contribution in [1.29, 1.82) is 0 Å². The minimum absolute atomic E-state index is 0.0235. The van der Waals surface area contributed by atoms with Crippen molar-refractivity contribution < 1.29 is 14.1 Å². The Hall–Kier alpha value is -1.53. The van der Waals surface area contributed by atoms with Gasteiger partial charge in [0.2, 0.25) is 0 Å². The van der Waals surface area contributed by atoms with Gasteiger partial charge in [0.05, 0.1) is 11.2 Å². The second kappa shape index (κ2) is 6.89. The normalized spacial score (nSPS) is 24.2. The summed E-state index contributed by atoms with van der Waals surface area (Å²) in [6.07, 6.45) is 2.22. The SMILES string of the molecule is CCC1CCN(C(=O)Nc2ccc(C)c(B3OC(C)(C)C(C)(C)O3)c2)C1. The van der Waals surface area contributed by atoms with Crippen LogP contribution in [0, 0.1) is 12.8 Å². The van der Waals surface area contributed by atoms with Gasteiger partial charge in [0.1, 0.15) is 0 Å². The van der Waals surface area contributed by atoms with Gasteiger partial charge in [0, 0.05) is 18.8 Å². The standard InChI is InChI=1S/C20H31BN2O3/c1-7-15-10-11-23(13-15)18(24)22-16-9-8-14(2)17(12-16)21-25-19(3,4)20(5,6)26-21/h8-9,12,15H,7,10-11,13H2,1-6H3,(H,22,24). The molecular weight excluding hydrogens is 327 g/mol. The zero-order chi connectivity index (χ0) is 19.1. The molecule has 0 aliphatic carbocycles. The fourth-order valence-electron chi connectivity index (χ4n) is 3.50. The van der Waals surface area contributed by atoms with Crippen LogP contribution in [0.3, 0.4) is 0 Å². The largest absolute Gasteiger partial charge is 0.495 e. The minimum atomic E-state index is -0.423. The smallest absolute Gasteiger partial charge is 0.399 e. The van der Waals surface area contributed by atoms with Crippen LogP contribution in [0.15, 0.2) is 18.2 Å². The molecule has 2 heterocycles. The highest BCUT2D eigenvalue weighted by Gasteiger charge is 2.52. The van der Waals surface area contributed by atoms with Gasteiger partial charge in [-0.15, -0.1) is 0 Å². The van der Waals surface area contributed by atoms with Gasteiger partial charge >= 0.3 is 13.1 Å². The van der Waals surface area contributed by atoms with Crippen LogP contribution in [0.4, 0.5) is 10.5 Å². The summed E-state index contributed by atoms with van der Waals surface area (Å²) < 4.78 is 12.3. The molecule has 142 valence electrons. The average molecular weight is 358 g/mol. The molecule has 6 heteroatoms. The van der Waals surface area contributed by atoms with Gasteiger partial charge in [-0.2, -0.15) is 0 Å². The molecule has 2 fully saturated rings. The topological polar surface area (TPSA) is 50.8 Å². The summed E-state index contributed by atoms with van der Waals surface area (Å²) in [5.41, 5.74) is 2.08. The van der Waals surface area contributed by atoms with E-state index in [2.05, 4.69) is 12.2 Å². The maximum Gasteiger partial charge on any atom is 0.495 e. The number of hydrogen-bond acceptors (Lipinski definition) is 3. The lowest BCUT2D eigenvalue weighted by molar-refractivity contribution is 0.00578. The Balaban J connectivity index is 1.74. The molecule has 2 saturated heterocycles. The number of hydrogen-bond donors (Lipinski definition) is 1. The first-order valence-corrected chi connectivity index (χ1v) is 9.65. The number of benzene rings is 1. The minimum Gasteiger partial charge on any atom is -0.399 e. The summed E-state index contributed by atoms with van der Waals surface area (Å²) in [5.74, 6) is 0.624. The average Bonchev–Trinajstić information content (AvgIpc) is 3.12.